The molecule has 0 spiro atoms. The van der Waals surface area contributed by atoms with Crippen LogP contribution in [0.3, 0.4) is 0 Å². The molecular weight excluding hydrogens is 694 g/mol. The second-order valence-electron chi connectivity index (χ2n) is 15.5. The molecule has 278 valence electrons. The van der Waals surface area contributed by atoms with E-state index in [0.29, 0.717) is 0 Å². The van der Waals surface area contributed by atoms with Gasteiger partial charge in [-0.25, -0.2) is 0 Å². The third-order valence-corrected chi connectivity index (χ3v) is 15.1. The zero-order valence-corrected chi connectivity index (χ0v) is 36.6. The lowest BCUT2D eigenvalue weighted by atomic mass is 9.92. The van der Waals surface area contributed by atoms with Gasteiger partial charge < -0.3 is 9.47 Å². The number of rotatable bonds is 9. The molecule has 0 saturated carbocycles. The van der Waals surface area contributed by atoms with Crippen LogP contribution in [0.15, 0.2) is 84.9 Å². The van der Waals surface area contributed by atoms with Gasteiger partial charge in [-0.3, -0.25) is 0 Å². The molecule has 6 aromatic carbocycles. The molecule has 0 N–H and O–H groups in total. The summed E-state index contributed by atoms with van der Waals surface area (Å²) < 4.78 is 12.6. The molecule has 0 aliphatic rings. The normalized spacial score (nSPS) is 11.5. The van der Waals surface area contributed by atoms with Crippen LogP contribution in [-0.2, 0) is 0 Å². The molecule has 0 unspecified atom stereocenters. The Morgan fingerprint density at radius 2 is 0.537 bits per heavy atom. The van der Waals surface area contributed by atoms with Crippen LogP contribution in [0.1, 0.15) is 66.8 Å². The fourth-order valence-corrected chi connectivity index (χ4v) is 14.7. The number of ether oxygens (including phenoxy) is 2. The Bertz CT molecular complexity index is 2050. The van der Waals surface area contributed by atoms with E-state index in [2.05, 4.69) is 168 Å². The van der Waals surface area contributed by atoms with Gasteiger partial charge in [0.1, 0.15) is 11.5 Å². The highest BCUT2D eigenvalue weighted by Crippen LogP contribution is 2.48. The van der Waals surface area contributed by atoms with Crippen LogP contribution in [0, 0.1) is 83.1 Å². The average Bonchev–Trinajstić information content (AvgIpc) is 3.04. The van der Waals surface area contributed by atoms with Crippen LogP contribution in [-0.4, -0.2) is 14.2 Å². The van der Waals surface area contributed by atoms with E-state index in [4.69, 9.17) is 9.47 Å². The molecule has 0 bridgehead atoms. The smallest absolute Gasteiger partial charge is 0.125 e. The van der Waals surface area contributed by atoms with Crippen LogP contribution in [0.5, 0.6) is 11.5 Å². The van der Waals surface area contributed by atoms with Crippen molar-refractivity contribution in [2.75, 3.05) is 14.2 Å². The Balaban J connectivity index is 1.84. The van der Waals surface area contributed by atoms with Crippen molar-refractivity contribution < 1.29 is 9.47 Å². The molecule has 0 radical (unpaired) electrons. The Kier molecular flexibility index (Phi) is 11.6. The second kappa shape index (κ2) is 15.9. The summed E-state index contributed by atoms with van der Waals surface area (Å²) >= 11 is 0. The zero-order valence-electron chi connectivity index (χ0n) is 34.8. The fourth-order valence-electron chi connectivity index (χ4n) is 8.67. The van der Waals surface area contributed by atoms with Gasteiger partial charge in [0.05, 0.1) is 14.2 Å². The summed E-state index contributed by atoms with van der Waals surface area (Å²) in [7, 11) is 1.65. The summed E-state index contributed by atoms with van der Waals surface area (Å²) in [6, 6.07) is 33.3. The largest absolute Gasteiger partial charge is 0.496 e. The SMILES string of the molecule is COc1c(C)cc(P(c2cc(C)cc(C)c2)c2cc(C)cc(C)c2)c(-c2c(P(c3cc(C)cc(C)c3)c3cc(C)cc(C)c3)cc(C)c(OC)c2C)c1C. The van der Waals surface area contributed by atoms with Gasteiger partial charge >= 0.3 is 0 Å². The van der Waals surface area contributed by atoms with E-state index in [9.17, 15) is 0 Å². The monoisotopic (exact) mass is 750 g/mol. The molecule has 0 amide bonds. The van der Waals surface area contributed by atoms with E-state index in [-0.39, 0.29) is 0 Å². The zero-order chi connectivity index (χ0) is 39.2. The second-order valence-corrected chi connectivity index (χ2v) is 19.9. The molecule has 2 nitrogen and oxygen atoms in total. The number of hydrogen-bond acceptors (Lipinski definition) is 2. The Morgan fingerprint density at radius 1 is 0.315 bits per heavy atom. The molecule has 54 heavy (non-hydrogen) atoms. The van der Waals surface area contributed by atoms with Crippen molar-refractivity contribution in [1.29, 1.82) is 0 Å². The van der Waals surface area contributed by atoms with E-state index in [1.807, 2.05) is 14.2 Å². The van der Waals surface area contributed by atoms with Crippen molar-refractivity contribution in [2.24, 2.45) is 0 Å². The van der Waals surface area contributed by atoms with Crippen LogP contribution in [0.4, 0.5) is 0 Å². The van der Waals surface area contributed by atoms with E-state index in [1.165, 1.54) is 98.6 Å². The van der Waals surface area contributed by atoms with Crippen molar-refractivity contribution in [3.63, 3.8) is 0 Å². The Morgan fingerprint density at radius 3 is 0.741 bits per heavy atom. The van der Waals surface area contributed by atoms with Gasteiger partial charge in [-0.15, -0.1) is 0 Å². The average molecular weight is 751 g/mol. The van der Waals surface area contributed by atoms with Crippen molar-refractivity contribution in [2.45, 2.75) is 83.1 Å². The van der Waals surface area contributed by atoms with E-state index in [0.717, 1.165) is 22.6 Å². The van der Waals surface area contributed by atoms with Gasteiger partial charge in [-0.1, -0.05) is 117 Å². The highest BCUT2D eigenvalue weighted by Gasteiger charge is 2.32. The Labute approximate surface area is 327 Å². The summed E-state index contributed by atoms with van der Waals surface area (Å²) in [6.45, 7) is 26.8. The molecule has 0 aliphatic heterocycles. The molecule has 0 aliphatic carbocycles. The quantitative estimate of drug-likeness (QED) is 0.137. The van der Waals surface area contributed by atoms with Crippen molar-refractivity contribution >= 4 is 47.7 Å². The summed E-state index contributed by atoms with van der Waals surface area (Å²) in [5.41, 5.74) is 17.4. The maximum Gasteiger partial charge on any atom is 0.125 e. The van der Waals surface area contributed by atoms with Crippen LogP contribution in [0.2, 0.25) is 0 Å². The number of benzene rings is 6. The first kappa shape index (κ1) is 39.5. The summed E-state index contributed by atoms with van der Waals surface area (Å²) in [4.78, 5) is 0. The molecule has 0 atom stereocenters. The molecule has 0 heterocycles. The lowest BCUT2D eigenvalue weighted by molar-refractivity contribution is 0.408. The number of hydrogen-bond donors (Lipinski definition) is 0. The minimum atomic E-state index is -0.989. The van der Waals surface area contributed by atoms with Gasteiger partial charge in [-0.2, -0.15) is 0 Å². The summed E-state index contributed by atoms with van der Waals surface area (Å²) in [5.74, 6) is 1.88. The minimum Gasteiger partial charge on any atom is -0.496 e. The van der Waals surface area contributed by atoms with Crippen LogP contribution >= 0.6 is 15.8 Å². The maximum atomic E-state index is 6.29. The van der Waals surface area contributed by atoms with Gasteiger partial charge in [-0.05, 0) is 176 Å². The third kappa shape index (κ3) is 7.80. The number of methoxy groups -OCH3 is 2. The van der Waals surface area contributed by atoms with E-state index >= 15 is 0 Å². The molecule has 6 aromatic rings. The van der Waals surface area contributed by atoms with Gasteiger partial charge in [0.2, 0.25) is 0 Å². The van der Waals surface area contributed by atoms with E-state index < -0.39 is 15.8 Å². The van der Waals surface area contributed by atoms with Gasteiger partial charge in [0.15, 0.2) is 0 Å². The minimum absolute atomic E-state index is 0.941. The van der Waals surface area contributed by atoms with Crippen molar-refractivity contribution in [1.82, 2.24) is 0 Å². The van der Waals surface area contributed by atoms with Gasteiger partial charge in [0, 0.05) is 0 Å². The van der Waals surface area contributed by atoms with Crippen molar-refractivity contribution in [3.05, 3.63) is 152 Å². The van der Waals surface area contributed by atoms with Crippen LogP contribution in [0.25, 0.3) is 11.1 Å². The lowest BCUT2D eigenvalue weighted by Crippen LogP contribution is -2.28. The highest BCUT2D eigenvalue weighted by molar-refractivity contribution is 7.80. The predicted molar refractivity (Wildman–Crippen MR) is 239 cm³/mol. The first-order valence-electron chi connectivity index (χ1n) is 18.9. The standard InChI is InChI=1S/C50H56O2P2/c1-29-15-30(2)20-41(19-29)53(42-21-31(3)16-32(4)22-42)45-27-37(9)49(51-13)39(11)47(45)48-40(12)50(52-14)38(10)28-46(48)54(43-23-33(5)17-34(6)24-43)44-25-35(7)18-36(8)26-44/h15-28H,1-14H3. The van der Waals surface area contributed by atoms with E-state index in [1.54, 1.807) is 0 Å². The van der Waals surface area contributed by atoms with Gasteiger partial charge in [0.25, 0.3) is 0 Å². The topological polar surface area (TPSA) is 18.5 Å². The fraction of sp³-hybridized carbons (Fsp3) is 0.280. The molecule has 0 saturated heterocycles. The summed E-state index contributed by atoms with van der Waals surface area (Å²) in [5, 5.41) is 8.15. The predicted octanol–water partition coefficient (Wildman–Crippen LogP) is 10.6. The maximum absolute atomic E-state index is 6.29. The van der Waals surface area contributed by atoms with Crippen LogP contribution < -0.4 is 41.3 Å². The number of aryl methyl sites for hydroxylation is 10. The molecular formula is C50H56O2P2. The Hall–Kier alpha value is -4.22. The van der Waals surface area contributed by atoms with Crippen molar-refractivity contribution in [3.8, 4) is 22.6 Å². The molecule has 6 rings (SSSR count). The highest BCUT2D eigenvalue weighted by atomic mass is 31.1. The first-order chi connectivity index (χ1) is 25.6. The summed E-state index contributed by atoms with van der Waals surface area (Å²) in [6.07, 6.45) is 0. The first-order valence-corrected chi connectivity index (χ1v) is 21.6. The molecule has 0 fully saturated rings. The molecule has 4 heteroatoms. The third-order valence-electron chi connectivity index (χ3n) is 10.4. The lowest BCUT2D eigenvalue weighted by Gasteiger charge is -2.31. The molecule has 0 aromatic heterocycles.